The standard InChI is InChI=1S/C23H25ClN2O2/c24-21-9-3-1-6-19(21)17-26-16-18(20-8-2-4-10-22(20)26)7-5-11-23(27)25-12-14-28-15-13-25/h1-4,6,8-10,16H,5,7,11-15,17H2. The van der Waals surface area contributed by atoms with Gasteiger partial charge in [-0.05, 0) is 36.1 Å². The SMILES string of the molecule is O=C(CCCc1cn(Cc2ccccc2Cl)c2ccccc12)N1CCOCC1. The monoisotopic (exact) mass is 396 g/mol. The van der Waals surface area contributed by atoms with Crippen molar-refractivity contribution >= 4 is 28.4 Å². The molecule has 1 saturated heterocycles. The van der Waals surface area contributed by atoms with Gasteiger partial charge in [-0.1, -0.05) is 48.0 Å². The number of carbonyl (C=O) groups excluding carboxylic acids is 1. The molecule has 0 aliphatic carbocycles. The van der Waals surface area contributed by atoms with Crippen LogP contribution in [0.3, 0.4) is 0 Å². The quantitative estimate of drug-likeness (QED) is 0.613. The molecule has 0 saturated carbocycles. The van der Waals surface area contributed by atoms with Crippen LogP contribution in [0.4, 0.5) is 0 Å². The highest BCUT2D eigenvalue weighted by Crippen LogP contribution is 2.25. The van der Waals surface area contributed by atoms with Crippen LogP contribution in [-0.2, 0) is 22.5 Å². The zero-order valence-electron chi connectivity index (χ0n) is 15.9. The van der Waals surface area contributed by atoms with Crippen LogP contribution in [0.1, 0.15) is 24.0 Å². The predicted molar refractivity (Wildman–Crippen MR) is 113 cm³/mol. The van der Waals surface area contributed by atoms with E-state index in [1.54, 1.807) is 0 Å². The number of para-hydroxylation sites is 1. The fourth-order valence-corrected chi connectivity index (χ4v) is 4.06. The van der Waals surface area contributed by atoms with Gasteiger partial charge in [-0.15, -0.1) is 0 Å². The lowest BCUT2D eigenvalue weighted by atomic mass is 10.1. The molecule has 0 bridgehead atoms. The Labute approximate surface area is 170 Å². The fraction of sp³-hybridized carbons (Fsp3) is 0.348. The van der Waals surface area contributed by atoms with Crippen LogP contribution in [0.25, 0.3) is 10.9 Å². The maximum Gasteiger partial charge on any atom is 0.222 e. The third kappa shape index (κ3) is 4.23. The van der Waals surface area contributed by atoms with Gasteiger partial charge in [0, 0.05) is 48.2 Å². The first-order chi connectivity index (χ1) is 13.7. The van der Waals surface area contributed by atoms with Crippen LogP contribution in [0.15, 0.2) is 54.7 Å². The fourth-order valence-electron chi connectivity index (χ4n) is 3.86. The summed E-state index contributed by atoms with van der Waals surface area (Å²) in [6, 6.07) is 16.4. The second kappa shape index (κ2) is 8.80. The van der Waals surface area contributed by atoms with Crippen molar-refractivity contribution in [2.75, 3.05) is 26.3 Å². The molecule has 28 heavy (non-hydrogen) atoms. The van der Waals surface area contributed by atoms with Gasteiger partial charge in [-0.2, -0.15) is 0 Å². The number of ether oxygens (including phenoxy) is 1. The zero-order chi connectivity index (χ0) is 19.3. The molecular weight excluding hydrogens is 372 g/mol. The van der Waals surface area contributed by atoms with Gasteiger partial charge in [-0.3, -0.25) is 4.79 Å². The summed E-state index contributed by atoms with van der Waals surface area (Å²) in [6.07, 6.45) is 4.56. The Morgan fingerprint density at radius 2 is 1.75 bits per heavy atom. The number of fused-ring (bicyclic) bond motifs is 1. The number of nitrogens with zero attached hydrogens (tertiary/aromatic N) is 2. The van der Waals surface area contributed by atoms with Gasteiger partial charge in [0.25, 0.3) is 0 Å². The lowest BCUT2D eigenvalue weighted by Gasteiger charge is -2.26. The molecule has 2 aromatic carbocycles. The van der Waals surface area contributed by atoms with E-state index < -0.39 is 0 Å². The Hall–Kier alpha value is -2.30. The molecule has 5 heteroatoms. The third-order valence-electron chi connectivity index (χ3n) is 5.37. The van der Waals surface area contributed by atoms with Crippen molar-refractivity contribution in [2.45, 2.75) is 25.8 Å². The first-order valence-corrected chi connectivity index (χ1v) is 10.3. The molecule has 2 heterocycles. The average Bonchev–Trinajstić information content (AvgIpc) is 3.08. The molecule has 1 fully saturated rings. The Morgan fingerprint density at radius 1 is 1.00 bits per heavy atom. The summed E-state index contributed by atoms with van der Waals surface area (Å²) in [5, 5.41) is 2.05. The number of hydrogen-bond acceptors (Lipinski definition) is 2. The van der Waals surface area contributed by atoms with Gasteiger partial charge in [0.05, 0.1) is 13.2 Å². The Morgan fingerprint density at radius 3 is 2.57 bits per heavy atom. The molecule has 4 rings (SSSR count). The Balaban J connectivity index is 1.47. The first-order valence-electron chi connectivity index (χ1n) is 9.88. The summed E-state index contributed by atoms with van der Waals surface area (Å²) in [4.78, 5) is 14.3. The first kappa shape index (κ1) is 19.0. The van der Waals surface area contributed by atoms with Gasteiger partial charge >= 0.3 is 0 Å². The Kier molecular flexibility index (Phi) is 5.98. The highest BCUT2D eigenvalue weighted by atomic mass is 35.5. The van der Waals surface area contributed by atoms with E-state index in [9.17, 15) is 4.79 Å². The smallest absolute Gasteiger partial charge is 0.222 e. The summed E-state index contributed by atoms with van der Waals surface area (Å²) in [7, 11) is 0. The summed E-state index contributed by atoms with van der Waals surface area (Å²) in [5.41, 5.74) is 3.60. The molecule has 4 nitrogen and oxygen atoms in total. The van der Waals surface area contributed by atoms with Crippen LogP contribution in [0.5, 0.6) is 0 Å². The molecule has 1 aromatic heterocycles. The van der Waals surface area contributed by atoms with Crippen molar-refractivity contribution in [3.63, 3.8) is 0 Å². The van der Waals surface area contributed by atoms with Crippen molar-refractivity contribution in [3.8, 4) is 0 Å². The molecule has 1 aliphatic rings. The van der Waals surface area contributed by atoms with Crippen LogP contribution in [0, 0.1) is 0 Å². The number of halogens is 1. The van der Waals surface area contributed by atoms with E-state index in [0.717, 1.165) is 43.1 Å². The minimum Gasteiger partial charge on any atom is -0.378 e. The molecule has 0 atom stereocenters. The molecule has 0 spiro atoms. The molecular formula is C23H25ClN2O2. The zero-order valence-corrected chi connectivity index (χ0v) is 16.7. The molecule has 0 N–H and O–H groups in total. The van der Waals surface area contributed by atoms with E-state index in [-0.39, 0.29) is 5.91 Å². The normalized spacial score (nSPS) is 14.5. The number of rotatable bonds is 6. The van der Waals surface area contributed by atoms with Crippen LogP contribution >= 0.6 is 11.6 Å². The third-order valence-corrected chi connectivity index (χ3v) is 5.74. The van der Waals surface area contributed by atoms with Gasteiger partial charge in [0.15, 0.2) is 0 Å². The number of aryl methyl sites for hydroxylation is 1. The largest absolute Gasteiger partial charge is 0.378 e. The molecule has 146 valence electrons. The van der Waals surface area contributed by atoms with Crippen molar-refractivity contribution < 1.29 is 9.53 Å². The lowest BCUT2D eigenvalue weighted by Crippen LogP contribution is -2.40. The van der Waals surface area contributed by atoms with E-state index in [1.807, 2.05) is 23.1 Å². The van der Waals surface area contributed by atoms with E-state index in [2.05, 4.69) is 41.1 Å². The van der Waals surface area contributed by atoms with Crippen molar-refractivity contribution in [3.05, 3.63) is 70.9 Å². The van der Waals surface area contributed by atoms with Gasteiger partial charge < -0.3 is 14.2 Å². The maximum absolute atomic E-state index is 12.4. The number of aromatic nitrogens is 1. The number of hydrogen-bond donors (Lipinski definition) is 0. The predicted octanol–water partition coefficient (Wildman–Crippen LogP) is 4.52. The van der Waals surface area contributed by atoms with Gasteiger partial charge in [0.2, 0.25) is 5.91 Å². The van der Waals surface area contributed by atoms with Crippen molar-refractivity contribution in [1.29, 1.82) is 0 Å². The number of carbonyl (C=O) groups is 1. The van der Waals surface area contributed by atoms with Crippen molar-refractivity contribution in [1.82, 2.24) is 9.47 Å². The molecule has 0 unspecified atom stereocenters. The topological polar surface area (TPSA) is 34.5 Å². The molecule has 0 radical (unpaired) electrons. The number of amides is 1. The van der Waals surface area contributed by atoms with E-state index in [0.29, 0.717) is 19.6 Å². The van der Waals surface area contributed by atoms with E-state index in [1.165, 1.54) is 16.5 Å². The summed E-state index contributed by atoms with van der Waals surface area (Å²) < 4.78 is 7.59. The molecule has 3 aromatic rings. The van der Waals surface area contributed by atoms with Crippen LogP contribution < -0.4 is 0 Å². The van der Waals surface area contributed by atoms with Crippen LogP contribution in [-0.4, -0.2) is 41.7 Å². The average molecular weight is 397 g/mol. The Bertz CT molecular complexity index is 960. The lowest BCUT2D eigenvalue weighted by molar-refractivity contribution is -0.135. The highest BCUT2D eigenvalue weighted by Gasteiger charge is 2.17. The van der Waals surface area contributed by atoms with Gasteiger partial charge in [0.1, 0.15) is 0 Å². The molecule has 1 aliphatic heterocycles. The minimum atomic E-state index is 0.239. The summed E-state index contributed by atoms with van der Waals surface area (Å²) in [5.74, 6) is 0.239. The maximum atomic E-state index is 12.4. The second-order valence-electron chi connectivity index (χ2n) is 7.24. The van der Waals surface area contributed by atoms with Crippen molar-refractivity contribution in [2.24, 2.45) is 0 Å². The van der Waals surface area contributed by atoms with Crippen LogP contribution in [0.2, 0.25) is 5.02 Å². The van der Waals surface area contributed by atoms with Gasteiger partial charge in [-0.25, -0.2) is 0 Å². The highest BCUT2D eigenvalue weighted by molar-refractivity contribution is 6.31. The molecule has 1 amide bonds. The minimum absolute atomic E-state index is 0.239. The van der Waals surface area contributed by atoms with E-state index >= 15 is 0 Å². The second-order valence-corrected chi connectivity index (χ2v) is 7.64. The van der Waals surface area contributed by atoms with E-state index in [4.69, 9.17) is 16.3 Å². The number of benzene rings is 2. The number of morpholine rings is 1. The summed E-state index contributed by atoms with van der Waals surface area (Å²) in [6.45, 7) is 3.49. The summed E-state index contributed by atoms with van der Waals surface area (Å²) >= 11 is 6.36.